The molecule has 68 valence electrons. The number of nitriles is 2. The van der Waals surface area contributed by atoms with Crippen LogP contribution >= 0.6 is 0 Å². The standard InChI is InChI=1S/C12H10N2/c1-2-3-4-10-5-6-11(8-13)12(7-10)9-14/h2,5-7H,1,3-4H2. The zero-order chi connectivity index (χ0) is 10.4. The lowest BCUT2D eigenvalue weighted by molar-refractivity contribution is 1.00. The van der Waals surface area contributed by atoms with Gasteiger partial charge in [0.1, 0.15) is 12.1 Å². The van der Waals surface area contributed by atoms with Gasteiger partial charge in [-0.2, -0.15) is 10.5 Å². The number of hydrogen-bond donors (Lipinski definition) is 0. The predicted molar refractivity (Wildman–Crippen MR) is 54.4 cm³/mol. The lowest BCUT2D eigenvalue weighted by atomic mass is 10.0. The maximum atomic E-state index is 8.78. The van der Waals surface area contributed by atoms with Crippen LogP contribution in [0.4, 0.5) is 0 Å². The first-order valence-electron chi connectivity index (χ1n) is 4.36. The normalized spacial score (nSPS) is 8.71. The molecule has 2 heteroatoms. The number of hydrogen-bond acceptors (Lipinski definition) is 2. The van der Waals surface area contributed by atoms with Crippen molar-refractivity contribution in [2.24, 2.45) is 0 Å². The van der Waals surface area contributed by atoms with Gasteiger partial charge in [-0.3, -0.25) is 0 Å². The van der Waals surface area contributed by atoms with Gasteiger partial charge in [0, 0.05) is 0 Å². The second-order valence-electron chi connectivity index (χ2n) is 2.93. The highest BCUT2D eigenvalue weighted by Gasteiger charge is 2.01. The van der Waals surface area contributed by atoms with Crippen molar-refractivity contribution in [2.75, 3.05) is 0 Å². The molecule has 14 heavy (non-hydrogen) atoms. The summed E-state index contributed by atoms with van der Waals surface area (Å²) in [5.41, 5.74) is 1.96. The van der Waals surface area contributed by atoms with E-state index in [1.54, 1.807) is 12.1 Å². The molecule has 0 saturated carbocycles. The number of rotatable bonds is 3. The Labute approximate surface area is 83.7 Å². The molecule has 0 aliphatic heterocycles. The van der Waals surface area contributed by atoms with Gasteiger partial charge in [0.25, 0.3) is 0 Å². The van der Waals surface area contributed by atoms with Crippen LogP contribution in [0, 0.1) is 22.7 Å². The molecule has 0 atom stereocenters. The molecule has 0 saturated heterocycles. The first-order valence-corrected chi connectivity index (χ1v) is 4.36. The fraction of sp³-hybridized carbons (Fsp3) is 0.167. The second-order valence-corrected chi connectivity index (χ2v) is 2.93. The summed E-state index contributed by atoms with van der Waals surface area (Å²) >= 11 is 0. The fourth-order valence-corrected chi connectivity index (χ4v) is 1.21. The quantitative estimate of drug-likeness (QED) is 0.674. The third-order valence-electron chi connectivity index (χ3n) is 1.96. The van der Waals surface area contributed by atoms with E-state index in [0.717, 1.165) is 18.4 Å². The largest absolute Gasteiger partial charge is 0.192 e. The summed E-state index contributed by atoms with van der Waals surface area (Å²) in [5.74, 6) is 0. The summed E-state index contributed by atoms with van der Waals surface area (Å²) in [4.78, 5) is 0. The molecule has 1 rings (SSSR count). The Hall–Kier alpha value is -2.06. The van der Waals surface area contributed by atoms with Gasteiger partial charge in [-0.05, 0) is 30.5 Å². The Bertz CT molecular complexity index is 419. The molecule has 0 N–H and O–H groups in total. The zero-order valence-electron chi connectivity index (χ0n) is 7.83. The highest BCUT2D eigenvalue weighted by Crippen LogP contribution is 2.11. The highest BCUT2D eigenvalue weighted by atomic mass is 14.3. The van der Waals surface area contributed by atoms with Gasteiger partial charge in [0.2, 0.25) is 0 Å². The lowest BCUT2D eigenvalue weighted by Gasteiger charge is -2.00. The monoisotopic (exact) mass is 182 g/mol. The van der Waals surface area contributed by atoms with Crippen molar-refractivity contribution in [3.8, 4) is 12.1 Å². The summed E-state index contributed by atoms with van der Waals surface area (Å²) in [6.07, 6.45) is 3.59. The molecular weight excluding hydrogens is 172 g/mol. The molecule has 0 spiro atoms. The van der Waals surface area contributed by atoms with Gasteiger partial charge in [-0.25, -0.2) is 0 Å². The van der Waals surface area contributed by atoms with Crippen molar-refractivity contribution >= 4 is 0 Å². The van der Waals surface area contributed by atoms with E-state index >= 15 is 0 Å². The van der Waals surface area contributed by atoms with Gasteiger partial charge in [-0.15, -0.1) is 6.58 Å². The summed E-state index contributed by atoms with van der Waals surface area (Å²) in [7, 11) is 0. The third kappa shape index (κ3) is 2.21. The topological polar surface area (TPSA) is 47.6 Å². The molecule has 0 aliphatic carbocycles. The van der Waals surface area contributed by atoms with Crippen LogP contribution in [0.5, 0.6) is 0 Å². The van der Waals surface area contributed by atoms with Crippen LogP contribution in [0.3, 0.4) is 0 Å². The van der Waals surface area contributed by atoms with Gasteiger partial charge in [0.05, 0.1) is 11.1 Å². The van der Waals surface area contributed by atoms with E-state index in [9.17, 15) is 0 Å². The molecule has 0 aliphatic rings. The Morgan fingerprint density at radius 2 is 1.93 bits per heavy atom. The second kappa shape index (κ2) is 4.84. The molecular formula is C12H10N2. The first-order chi connectivity index (χ1) is 6.81. The summed E-state index contributed by atoms with van der Waals surface area (Å²) < 4.78 is 0. The molecule has 0 amide bonds. The maximum Gasteiger partial charge on any atom is 0.101 e. The molecule has 0 aromatic heterocycles. The van der Waals surface area contributed by atoms with E-state index in [1.165, 1.54) is 0 Å². The van der Waals surface area contributed by atoms with Gasteiger partial charge in [-0.1, -0.05) is 12.1 Å². The van der Waals surface area contributed by atoms with Crippen molar-refractivity contribution in [2.45, 2.75) is 12.8 Å². The number of nitrogens with zero attached hydrogens (tertiary/aromatic N) is 2. The molecule has 0 fully saturated rings. The minimum atomic E-state index is 0.440. The van der Waals surface area contributed by atoms with Crippen molar-refractivity contribution in [3.05, 3.63) is 47.5 Å². The van der Waals surface area contributed by atoms with E-state index in [4.69, 9.17) is 10.5 Å². The van der Waals surface area contributed by atoms with Crippen molar-refractivity contribution in [1.82, 2.24) is 0 Å². The zero-order valence-corrected chi connectivity index (χ0v) is 7.83. The summed E-state index contributed by atoms with van der Waals surface area (Å²) in [5, 5.41) is 17.5. The first kappa shape index (κ1) is 10.0. The van der Waals surface area contributed by atoms with Crippen LogP contribution in [0.25, 0.3) is 0 Å². The van der Waals surface area contributed by atoms with Crippen LogP contribution < -0.4 is 0 Å². The van der Waals surface area contributed by atoms with Crippen LogP contribution in [-0.2, 0) is 6.42 Å². The average Bonchev–Trinajstić information content (AvgIpc) is 2.25. The SMILES string of the molecule is C=CCCc1ccc(C#N)c(C#N)c1. The summed E-state index contributed by atoms with van der Waals surface area (Å²) in [6.45, 7) is 3.63. The molecule has 2 nitrogen and oxygen atoms in total. The number of aryl methyl sites for hydroxylation is 1. The van der Waals surface area contributed by atoms with E-state index in [0.29, 0.717) is 11.1 Å². The van der Waals surface area contributed by atoms with Gasteiger partial charge < -0.3 is 0 Å². The highest BCUT2D eigenvalue weighted by molar-refractivity contribution is 5.47. The van der Waals surface area contributed by atoms with E-state index in [-0.39, 0.29) is 0 Å². The molecule has 0 unspecified atom stereocenters. The third-order valence-corrected chi connectivity index (χ3v) is 1.96. The van der Waals surface area contributed by atoms with Crippen LogP contribution in [0.15, 0.2) is 30.9 Å². The van der Waals surface area contributed by atoms with Gasteiger partial charge in [0.15, 0.2) is 0 Å². The van der Waals surface area contributed by atoms with Crippen molar-refractivity contribution in [3.63, 3.8) is 0 Å². The maximum absolute atomic E-state index is 8.78. The average molecular weight is 182 g/mol. The molecule has 0 heterocycles. The van der Waals surface area contributed by atoms with Crippen LogP contribution in [-0.4, -0.2) is 0 Å². The fourth-order valence-electron chi connectivity index (χ4n) is 1.21. The minimum Gasteiger partial charge on any atom is -0.192 e. The Balaban J connectivity index is 2.98. The summed E-state index contributed by atoms with van der Waals surface area (Å²) in [6, 6.07) is 9.34. The van der Waals surface area contributed by atoms with Crippen LogP contribution in [0.1, 0.15) is 23.1 Å². The van der Waals surface area contributed by atoms with Gasteiger partial charge >= 0.3 is 0 Å². The minimum absolute atomic E-state index is 0.440. The van der Waals surface area contributed by atoms with E-state index in [1.807, 2.05) is 24.3 Å². The molecule has 1 aromatic rings. The Morgan fingerprint density at radius 1 is 1.21 bits per heavy atom. The Kier molecular flexibility index (Phi) is 3.47. The van der Waals surface area contributed by atoms with E-state index in [2.05, 4.69) is 6.58 Å². The van der Waals surface area contributed by atoms with Crippen LogP contribution in [0.2, 0.25) is 0 Å². The van der Waals surface area contributed by atoms with E-state index < -0.39 is 0 Å². The predicted octanol–water partition coefficient (Wildman–Crippen LogP) is 2.55. The smallest absolute Gasteiger partial charge is 0.101 e. The Morgan fingerprint density at radius 3 is 2.50 bits per heavy atom. The van der Waals surface area contributed by atoms with Crippen molar-refractivity contribution < 1.29 is 0 Å². The number of benzene rings is 1. The van der Waals surface area contributed by atoms with Crippen molar-refractivity contribution in [1.29, 1.82) is 10.5 Å². The molecule has 0 radical (unpaired) electrons. The number of allylic oxidation sites excluding steroid dienone is 1. The molecule has 0 bridgehead atoms. The lowest BCUT2D eigenvalue weighted by Crippen LogP contribution is -1.88. The molecule has 1 aromatic carbocycles.